The predicted octanol–water partition coefficient (Wildman–Crippen LogP) is 1.98. The highest BCUT2D eigenvalue weighted by Gasteiger charge is 2.07. The molecule has 1 heterocycles. The maximum atomic E-state index is 13.3. The van der Waals surface area contributed by atoms with Crippen molar-refractivity contribution in [2.24, 2.45) is 5.73 Å². The molecule has 1 aromatic heterocycles. The molecule has 0 spiro atoms. The third kappa shape index (κ3) is 2.15. The van der Waals surface area contributed by atoms with Crippen LogP contribution in [0.2, 0.25) is 0 Å². The number of rotatable bonds is 3. The average Bonchev–Trinajstić information content (AvgIpc) is 2.59. The van der Waals surface area contributed by atoms with E-state index in [0.29, 0.717) is 5.52 Å². The smallest absolute Gasteiger partial charge is 0.151 e. The Bertz CT molecular complexity index is 462. The number of aromatic nitrogens is 2. The van der Waals surface area contributed by atoms with Crippen molar-refractivity contribution in [2.75, 3.05) is 0 Å². The molecule has 0 aliphatic rings. The van der Waals surface area contributed by atoms with E-state index >= 15 is 0 Å². The van der Waals surface area contributed by atoms with E-state index in [4.69, 9.17) is 5.73 Å². The third-order valence-electron chi connectivity index (χ3n) is 2.35. The number of hydrogen-bond acceptors (Lipinski definition) is 2. The summed E-state index contributed by atoms with van der Waals surface area (Å²) in [7, 11) is 0. The van der Waals surface area contributed by atoms with Crippen LogP contribution in [0, 0.1) is 5.82 Å². The van der Waals surface area contributed by atoms with Crippen LogP contribution in [0.15, 0.2) is 18.2 Å². The number of halogens is 1. The second-order valence-electron chi connectivity index (χ2n) is 3.84. The lowest BCUT2D eigenvalue weighted by molar-refractivity contribution is 0.635. The molecular weight excluding hydrogens is 193 g/mol. The van der Waals surface area contributed by atoms with Crippen LogP contribution in [0.3, 0.4) is 0 Å². The summed E-state index contributed by atoms with van der Waals surface area (Å²) in [5.41, 5.74) is 6.81. The largest absolute Gasteiger partial charge is 0.342 e. The lowest BCUT2D eigenvalue weighted by Crippen LogP contribution is -2.15. The molecule has 15 heavy (non-hydrogen) atoms. The fourth-order valence-corrected chi connectivity index (χ4v) is 1.53. The number of nitrogens with zero attached hydrogens (tertiary/aromatic N) is 1. The van der Waals surface area contributed by atoms with E-state index in [0.717, 1.165) is 24.2 Å². The molecule has 1 unspecified atom stereocenters. The van der Waals surface area contributed by atoms with Gasteiger partial charge in [-0.05, 0) is 25.5 Å². The number of aromatic amines is 1. The van der Waals surface area contributed by atoms with Gasteiger partial charge in [-0.2, -0.15) is 0 Å². The van der Waals surface area contributed by atoms with Crippen LogP contribution >= 0.6 is 0 Å². The molecule has 1 atom stereocenters. The summed E-state index contributed by atoms with van der Waals surface area (Å²) in [6, 6.07) is 5.05. The number of hydrogen-bond donors (Lipinski definition) is 2. The molecule has 80 valence electrons. The van der Waals surface area contributed by atoms with Crippen LogP contribution in [-0.4, -0.2) is 16.0 Å². The quantitative estimate of drug-likeness (QED) is 0.808. The Kier molecular flexibility index (Phi) is 2.68. The second-order valence-corrected chi connectivity index (χ2v) is 3.84. The highest BCUT2D eigenvalue weighted by molar-refractivity contribution is 5.75. The molecule has 4 heteroatoms. The molecule has 0 amide bonds. The van der Waals surface area contributed by atoms with Gasteiger partial charge in [0.25, 0.3) is 0 Å². The predicted molar refractivity (Wildman–Crippen MR) is 58.0 cm³/mol. The highest BCUT2D eigenvalue weighted by Crippen LogP contribution is 2.15. The summed E-state index contributed by atoms with van der Waals surface area (Å²) < 4.78 is 13.3. The Labute approximate surface area is 87.5 Å². The van der Waals surface area contributed by atoms with Crippen molar-refractivity contribution < 1.29 is 4.39 Å². The highest BCUT2D eigenvalue weighted by atomic mass is 19.1. The summed E-state index contributed by atoms with van der Waals surface area (Å²) in [5, 5.41) is 0. The molecule has 0 radical (unpaired) electrons. The summed E-state index contributed by atoms with van der Waals surface area (Å²) in [5.74, 6) is 0.517. The summed E-state index contributed by atoms with van der Waals surface area (Å²) in [6.45, 7) is 1.95. The van der Waals surface area contributed by atoms with Gasteiger partial charge >= 0.3 is 0 Å². The Balaban J connectivity index is 2.27. The number of benzene rings is 1. The Morgan fingerprint density at radius 2 is 2.33 bits per heavy atom. The van der Waals surface area contributed by atoms with E-state index in [-0.39, 0.29) is 11.9 Å². The van der Waals surface area contributed by atoms with E-state index < -0.39 is 0 Å². The normalized spacial score (nSPS) is 13.3. The van der Waals surface area contributed by atoms with Crippen molar-refractivity contribution in [2.45, 2.75) is 25.8 Å². The molecule has 1 aromatic carbocycles. The molecule has 0 fully saturated rings. The first-order chi connectivity index (χ1) is 7.16. The third-order valence-corrected chi connectivity index (χ3v) is 2.35. The Morgan fingerprint density at radius 1 is 1.53 bits per heavy atom. The van der Waals surface area contributed by atoms with Crippen LogP contribution in [0.4, 0.5) is 4.39 Å². The Morgan fingerprint density at radius 3 is 3.00 bits per heavy atom. The fourth-order valence-electron chi connectivity index (χ4n) is 1.53. The average molecular weight is 207 g/mol. The van der Waals surface area contributed by atoms with Gasteiger partial charge < -0.3 is 10.7 Å². The molecule has 3 N–H and O–H groups in total. The Hall–Kier alpha value is -1.42. The van der Waals surface area contributed by atoms with Gasteiger partial charge in [-0.1, -0.05) is 6.07 Å². The van der Waals surface area contributed by atoms with Gasteiger partial charge in [0.05, 0.1) is 5.52 Å². The van der Waals surface area contributed by atoms with Crippen molar-refractivity contribution in [3.8, 4) is 0 Å². The number of H-pyrrole nitrogens is 1. The van der Waals surface area contributed by atoms with Crippen molar-refractivity contribution in [3.63, 3.8) is 0 Å². The van der Waals surface area contributed by atoms with Gasteiger partial charge in [0.15, 0.2) is 5.82 Å². The number of fused-ring (bicyclic) bond motifs is 1. The van der Waals surface area contributed by atoms with Crippen LogP contribution in [0.5, 0.6) is 0 Å². The van der Waals surface area contributed by atoms with Gasteiger partial charge in [-0.15, -0.1) is 0 Å². The van der Waals surface area contributed by atoms with E-state index in [2.05, 4.69) is 9.97 Å². The zero-order chi connectivity index (χ0) is 10.8. The summed E-state index contributed by atoms with van der Waals surface area (Å²) in [6.07, 6.45) is 1.60. The maximum Gasteiger partial charge on any atom is 0.151 e. The molecule has 0 bridgehead atoms. The van der Waals surface area contributed by atoms with E-state index in [1.54, 1.807) is 6.07 Å². The van der Waals surface area contributed by atoms with E-state index in [9.17, 15) is 4.39 Å². The fraction of sp³-hybridized carbons (Fsp3) is 0.364. The lowest BCUT2D eigenvalue weighted by atomic mass is 10.2. The number of nitrogens with one attached hydrogen (secondary N) is 1. The van der Waals surface area contributed by atoms with Crippen molar-refractivity contribution in [3.05, 3.63) is 29.8 Å². The second kappa shape index (κ2) is 3.98. The molecule has 0 saturated carbocycles. The van der Waals surface area contributed by atoms with E-state index in [1.165, 1.54) is 6.07 Å². The topological polar surface area (TPSA) is 54.7 Å². The van der Waals surface area contributed by atoms with Gasteiger partial charge in [0, 0.05) is 12.5 Å². The lowest BCUT2D eigenvalue weighted by Gasteiger charge is -2.00. The SMILES string of the molecule is CC(N)CCc1nc2c(F)cccc2[nH]1. The molecule has 2 aromatic rings. The van der Waals surface area contributed by atoms with Gasteiger partial charge in [0.1, 0.15) is 11.3 Å². The van der Waals surface area contributed by atoms with Crippen molar-refractivity contribution in [1.82, 2.24) is 9.97 Å². The minimum absolute atomic E-state index is 0.142. The van der Waals surface area contributed by atoms with Gasteiger partial charge in [-0.3, -0.25) is 0 Å². The monoisotopic (exact) mass is 207 g/mol. The first kappa shape index (κ1) is 10.1. The molecule has 2 rings (SSSR count). The summed E-state index contributed by atoms with van der Waals surface area (Å²) >= 11 is 0. The zero-order valence-electron chi connectivity index (χ0n) is 8.63. The summed E-state index contributed by atoms with van der Waals surface area (Å²) in [4.78, 5) is 7.28. The maximum absolute atomic E-state index is 13.3. The number of aryl methyl sites for hydroxylation is 1. The van der Waals surface area contributed by atoms with Crippen LogP contribution in [0.1, 0.15) is 19.2 Å². The number of imidazole rings is 1. The zero-order valence-corrected chi connectivity index (χ0v) is 8.63. The first-order valence-corrected chi connectivity index (χ1v) is 5.05. The van der Waals surface area contributed by atoms with Crippen molar-refractivity contribution >= 4 is 11.0 Å². The van der Waals surface area contributed by atoms with Crippen LogP contribution < -0.4 is 5.73 Å². The molecule has 3 nitrogen and oxygen atoms in total. The molecule has 0 saturated heterocycles. The molecular formula is C11H14FN3. The van der Waals surface area contributed by atoms with Crippen LogP contribution in [0.25, 0.3) is 11.0 Å². The number of nitrogens with two attached hydrogens (primary N) is 1. The van der Waals surface area contributed by atoms with Crippen molar-refractivity contribution in [1.29, 1.82) is 0 Å². The molecule has 0 aliphatic carbocycles. The minimum Gasteiger partial charge on any atom is -0.342 e. The molecule has 0 aliphatic heterocycles. The minimum atomic E-state index is -0.282. The van der Waals surface area contributed by atoms with Gasteiger partial charge in [0.2, 0.25) is 0 Å². The van der Waals surface area contributed by atoms with E-state index in [1.807, 2.05) is 13.0 Å². The standard InChI is InChI=1S/C11H14FN3/c1-7(13)5-6-10-14-9-4-2-3-8(12)11(9)15-10/h2-4,7H,5-6,13H2,1H3,(H,14,15). The number of para-hydroxylation sites is 1. The first-order valence-electron chi connectivity index (χ1n) is 5.05. The van der Waals surface area contributed by atoms with Crippen LogP contribution in [-0.2, 0) is 6.42 Å². The van der Waals surface area contributed by atoms with Gasteiger partial charge in [-0.25, -0.2) is 9.37 Å².